The molecule has 0 aliphatic carbocycles. The maximum atomic E-state index is 13.4. The zero-order valence-corrected chi connectivity index (χ0v) is 9.64. The van der Waals surface area contributed by atoms with Gasteiger partial charge in [-0.25, -0.2) is 4.39 Å². The molecule has 94 valence electrons. The molecule has 2 aromatic rings. The van der Waals surface area contributed by atoms with E-state index in [1.165, 1.54) is 18.2 Å². The molecule has 0 aliphatic heterocycles. The summed E-state index contributed by atoms with van der Waals surface area (Å²) in [6, 6.07) is 5.75. The quantitative estimate of drug-likeness (QED) is 0.561. The number of hydrazine groups is 1. The average molecular weight is 249 g/mol. The number of amides is 1. The van der Waals surface area contributed by atoms with E-state index in [0.717, 1.165) is 0 Å². The van der Waals surface area contributed by atoms with Crippen molar-refractivity contribution in [2.24, 2.45) is 12.9 Å². The van der Waals surface area contributed by atoms with E-state index in [1.807, 2.05) is 0 Å². The van der Waals surface area contributed by atoms with E-state index in [0.29, 0.717) is 5.82 Å². The molecule has 0 unspecified atom stereocenters. The van der Waals surface area contributed by atoms with E-state index in [-0.39, 0.29) is 11.3 Å². The molecule has 1 aromatic heterocycles. The van der Waals surface area contributed by atoms with E-state index in [1.54, 1.807) is 24.0 Å². The van der Waals surface area contributed by atoms with E-state index in [9.17, 15) is 9.18 Å². The van der Waals surface area contributed by atoms with Gasteiger partial charge in [0.05, 0.1) is 11.3 Å². The molecule has 0 saturated heterocycles. The molecule has 7 heteroatoms. The highest BCUT2D eigenvalue weighted by molar-refractivity contribution is 6.07. The number of aryl methyl sites for hydroxylation is 1. The van der Waals surface area contributed by atoms with E-state index in [2.05, 4.69) is 15.8 Å². The second-order valence-electron chi connectivity index (χ2n) is 3.64. The number of nitrogens with one attached hydrogen (secondary N) is 2. The first-order chi connectivity index (χ1) is 8.61. The molecule has 0 atom stereocenters. The van der Waals surface area contributed by atoms with Crippen LogP contribution in [0.2, 0.25) is 0 Å². The Bertz CT molecular complexity index is 581. The highest BCUT2D eigenvalue weighted by Crippen LogP contribution is 2.19. The normalized spacial score (nSPS) is 10.2. The van der Waals surface area contributed by atoms with Gasteiger partial charge < -0.3 is 10.7 Å². The van der Waals surface area contributed by atoms with Gasteiger partial charge in [0.25, 0.3) is 5.91 Å². The number of para-hydroxylation sites is 1. The average Bonchev–Trinajstić information content (AvgIpc) is 2.74. The molecule has 0 fully saturated rings. The van der Waals surface area contributed by atoms with Gasteiger partial charge in [0.15, 0.2) is 5.82 Å². The molecular formula is C11H12FN5O. The molecule has 2 rings (SSSR count). The van der Waals surface area contributed by atoms with Gasteiger partial charge in [-0.2, -0.15) is 5.10 Å². The molecule has 0 saturated carbocycles. The Balaban J connectivity index is 2.26. The summed E-state index contributed by atoms with van der Waals surface area (Å²) in [4.78, 5) is 11.9. The van der Waals surface area contributed by atoms with Crippen molar-refractivity contribution in [2.45, 2.75) is 0 Å². The number of carbonyl (C=O) groups excluding carboxylic acids is 1. The second kappa shape index (κ2) is 4.84. The number of aromatic nitrogens is 2. The lowest BCUT2D eigenvalue weighted by molar-refractivity contribution is 0.102. The summed E-state index contributed by atoms with van der Waals surface area (Å²) < 4.78 is 15.0. The van der Waals surface area contributed by atoms with Crippen LogP contribution >= 0.6 is 0 Å². The maximum Gasteiger partial charge on any atom is 0.259 e. The first-order valence-electron chi connectivity index (χ1n) is 5.18. The predicted molar refractivity (Wildman–Crippen MR) is 65.4 cm³/mol. The Morgan fingerprint density at radius 3 is 2.83 bits per heavy atom. The summed E-state index contributed by atoms with van der Waals surface area (Å²) in [6.45, 7) is 0. The van der Waals surface area contributed by atoms with Crippen LogP contribution < -0.4 is 16.6 Å². The molecule has 0 spiro atoms. The van der Waals surface area contributed by atoms with Crippen molar-refractivity contribution in [3.05, 3.63) is 41.8 Å². The molecule has 6 nitrogen and oxygen atoms in total. The number of benzene rings is 1. The first-order valence-corrected chi connectivity index (χ1v) is 5.18. The number of hydrogen-bond acceptors (Lipinski definition) is 4. The van der Waals surface area contributed by atoms with Crippen molar-refractivity contribution < 1.29 is 9.18 Å². The molecule has 1 aromatic carbocycles. The number of nitrogen functional groups attached to an aromatic ring is 1. The van der Waals surface area contributed by atoms with Crippen LogP contribution in [0.5, 0.6) is 0 Å². The molecule has 18 heavy (non-hydrogen) atoms. The standard InChI is InChI=1S/C11H12FN5O/c1-17-6-5-9(16-17)14-11(18)7-3-2-4-8(12)10(7)15-13/h2-6,15H,13H2,1H3,(H,14,16,18). The van der Waals surface area contributed by atoms with Crippen molar-refractivity contribution in [2.75, 3.05) is 10.7 Å². The molecule has 0 radical (unpaired) electrons. The lowest BCUT2D eigenvalue weighted by atomic mass is 10.1. The minimum atomic E-state index is -0.592. The number of carbonyl (C=O) groups is 1. The minimum absolute atomic E-state index is 0.0501. The lowest BCUT2D eigenvalue weighted by Crippen LogP contribution is -2.18. The van der Waals surface area contributed by atoms with Gasteiger partial charge in [-0.05, 0) is 12.1 Å². The van der Waals surface area contributed by atoms with Gasteiger partial charge in [0.2, 0.25) is 0 Å². The van der Waals surface area contributed by atoms with Crippen LogP contribution in [0.25, 0.3) is 0 Å². The van der Waals surface area contributed by atoms with Crippen molar-refractivity contribution in [3.8, 4) is 0 Å². The topological polar surface area (TPSA) is 85.0 Å². The lowest BCUT2D eigenvalue weighted by Gasteiger charge is -2.08. The van der Waals surface area contributed by atoms with E-state index >= 15 is 0 Å². The van der Waals surface area contributed by atoms with Crippen LogP contribution in [-0.4, -0.2) is 15.7 Å². The third-order valence-corrected chi connectivity index (χ3v) is 2.36. The van der Waals surface area contributed by atoms with E-state index in [4.69, 9.17) is 5.84 Å². The Morgan fingerprint density at radius 2 is 2.22 bits per heavy atom. The zero-order chi connectivity index (χ0) is 13.1. The molecule has 4 N–H and O–H groups in total. The zero-order valence-electron chi connectivity index (χ0n) is 9.64. The number of rotatable bonds is 3. The second-order valence-corrected chi connectivity index (χ2v) is 3.64. The molecular weight excluding hydrogens is 237 g/mol. The monoisotopic (exact) mass is 249 g/mol. The Morgan fingerprint density at radius 1 is 1.44 bits per heavy atom. The summed E-state index contributed by atoms with van der Waals surface area (Å²) in [5, 5.41) is 6.54. The van der Waals surface area contributed by atoms with Gasteiger partial charge in [0.1, 0.15) is 5.82 Å². The molecule has 0 bridgehead atoms. The van der Waals surface area contributed by atoms with Gasteiger partial charge >= 0.3 is 0 Å². The third-order valence-electron chi connectivity index (χ3n) is 2.36. The van der Waals surface area contributed by atoms with Gasteiger partial charge in [-0.15, -0.1) is 0 Å². The molecule has 1 amide bonds. The minimum Gasteiger partial charge on any atom is -0.321 e. The predicted octanol–water partition coefficient (Wildman–Crippen LogP) is 1.10. The highest BCUT2D eigenvalue weighted by atomic mass is 19.1. The fourth-order valence-electron chi connectivity index (χ4n) is 1.53. The summed E-state index contributed by atoms with van der Waals surface area (Å²) in [6.07, 6.45) is 1.68. The fourth-order valence-corrected chi connectivity index (χ4v) is 1.53. The van der Waals surface area contributed by atoms with E-state index < -0.39 is 11.7 Å². The Hall–Kier alpha value is -2.41. The third kappa shape index (κ3) is 2.30. The van der Waals surface area contributed by atoms with Crippen LogP contribution in [0.15, 0.2) is 30.5 Å². The summed E-state index contributed by atoms with van der Waals surface area (Å²) in [5.74, 6) is 4.50. The highest BCUT2D eigenvalue weighted by Gasteiger charge is 2.15. The SMILES string of the molecule is Cn1ccc(NC(=O)c2cccc(F)c2NN)n1. The maximum absolute atomic E-state index is 13.4. The van der Waals surface area contributed by atoms with Gasteiger partial charge in [-0.1, -0.05) is 6.07 Å². The number of nitrogens with two attached hydrogens (primary N) is 1. The fraction of sp³-hybridized carbons (Fsp3) is 0.0909. The number of hydrogen-bond donors (Lipinski definition) is 3. The number of nitrogens with zero attached hydrogens (tertiary/aromatic N) is 2. The van der Waals surface area contributed by atoms with Crippen molar-refractivity contribution in [1.29, 1.82) is 0 Å². The molecule has 1 heterocycles. The summed E-state index contributed by atoms with van der Waals surface area (Å²) in [7, 11) is 1.73. The summed E-state index contributed by atoms with van der Waals surface area (Å²) in [5.41, 5.74) is 2.24. The van der Waals surface area contributed by atoms with Crippen LogP contribution in [0.3, 0.4) is 0 Å². The van der Waals surface area contributed by atoms with Crippen LogP contribution in [0.1, 0.15) is 10.4 Å². The molecule has 0 aliphatic rings. The Labute approximate surface area is 103 Å². The number of halogens is 1. The van der Waals surface area contributed by atoms with Crippen LogP contribution in [0.4, 0.5) is 15.9 Å². The van der Waals surface area contributed by atoms with Crippen molar-refractivity contribution in [3.63, 3.8) is 0 Å². The van der Waals surface area contributed by atoms with Crippen LogP contribution in [0, 0.1) is 5.82 Å². The summed E-state index contributed by atoms with van der Waals surface area (Å²) >= 11 is 0. The number of anilines is 2. The smallest absolute Gasteiger partial charge is 0.259 e. The first kappa shape index (κ1) is 12.1. The van der Waals surface area contributed by atoms with Crippen molar-refractivity contribution >= 4 is 17.4 Å². The van der Waals surface area contributed by atoms with Crippen LogP contribution in [-0.2, 0) is 7.05 Å². The Kier molecular flexibility index (Phi) is 3.24. The van der Waals surface area contributed by atoms with Crippen molar-refractivity contribution in [1.82, 2.24) is 9.78 Å². The largest absolute Gasteiger partial charge is 0.321 e. The van der Waals surface area contributed by atoms with Gasteiger partial charge in [-0.3, -0.25) is 15.3 Å². The van der Waals surface area contributed by atoms with Gasteiger partial charge in [0, 0.05) is 19.3 Å².